The maximum absolute atomic E-state index is 13.6. The molecule has 6 rings (SSSR count). The molecule has 0 aromatic rings. The number of hydrogen-bond donors (Lipinski definition) is 2. The monoisotopic (exact) mass is 437 g/mol. The lowest BCUT2D eigenvalue weighted by molar-refractivity contribution is -0.133. The molecule has 4 saturated carbocycles. The van der Waals surface area contributed by atoms with Crippen molar-refractivity contribution in [2.24, 2.45) is 40.4 Å². The summed E-state index contributed by atoms with van der Waals surface area (Å²) in [5.74, 6) is 2.51. The zero-order valence-electron chi connectivity index (χ0n) is 19.8. The molecular weight excluding hydrogens is 398 g/mol. The van der Waals surface area contributed by atoms with Gasteiger partial charge in [-0.1, -0.05) is 19.9 Å². The summed E-state index contributed by atoms with van der Waals surface area (Å²) in [7, 11) is 0. The first-order valence-electron chi connectivity index (χ1n) is 13.2. The Bertz CT molecular complexity index is 910. The second-order valence-corrected chi connectivity index (χ2v) is 12.8. The van der Waals surface area contributed by atoms with Gasteiger partial charge in [-0.05, 0) is 123 Å². The van der Waals surface area contributed by atoms with Crippen LogP contribution in [0.1, 0.15) is 90.9 Å². The van der Waals surface area contributed by atoms with Crippen LogP contribution in [0.3, 0.4) is 0 Å². The fourth-order valence-corrected chi connectivity index (χ4v) is 9.64. The number of aliphatic carboxylic acids is 1. The van der Waals surface area contributed by atoms with E-state index in [1.54, 1.807) is 0 Å². The normalized spacial score (nSPS) is 48.9. The van der Waals surface area contributed by atoms with Crippen LogP contribution in [-0.2, 0) is 9.59 Å². The highest BCUT2D eigenvalue weighted by Crippen LogP contribution is 2.66. The van der Waals surface area contributed by atoms with Crippen molar-refractivity contribution in [1.29, 1.82) is 0 Å². The Morgan fingerprint density at radius 3 is 2.47 bits per heavy atom. The van der Waals surface area contributed by atoms with Gasteiger partial charge in [-0.2, -0.15) is 0 Å². The first-order chi connectivity index (χ1) is 15.2. The average molecular weight is 438 g/mol. The highest BCUT2D eigenvalue weighted by Gasteiger charge is 2.60. The van der Waals surface area contributed by atoms with Gasteiger partial charge >= 0.3 is 5.97 Å². The third kappa shape index (κ3) is 2.86. The SMILES string of the molecule is C[C@]12CCC(C(=O)O)=CC1=CC[C@@H]1[C@H]2CC[C@]2(C)C(C(=O)NC34CCC(CC3)C4)CC[C@@H]12. The predicted molar refractivity (Wildman–Crippen MR) is 124 cm³/mol. The minimum Gasteiger partial charge on any atom is -0.478 e. The summed E-state index contributed by atoms with van der Waals surface area (Å²) in [5.41, 5.74) is 2.20. The number of nitrogens with one attached hydrogen (secondary N) is 1. The number of allylic oxidation sites excluding steroid dienone is 3. The van der Waals surface area contributed by atoms with E-state index in [9.17, 15) is 14.7 Å². The number of hydrogen-bond acceptors (Lipinski definition) is 2. The molecule has 0 saturated heterocycles. The quantitative estimate of drug-likeness (QED) is 0.601. The summed E-state index contributed by atoms with van der Waals surface area (Å²) in [6, 6.07) is 0. The second kappa shape index (κ2) is 6.96. The predicted octanol–water partition coefficient (Wildman–Crippen LogP) is 5.64. The summed E-state index contributed by atoms with van der Waals surface area (Å²) >= 11 is 0. The molecule has 4 fully saturated rings. The topological polar surface area (TPSA) is 66.4 Å². The van der Waals surface area contributed by atoms with Crippen molar-refractivity contribution in [2.45, 2.75) is 96.4 Å². The molecule has 6 aliphatic rings. The summed E-state index contributed by atoms with van der Waals surface area (Å²) < 4.78 is 0. The Kier molecular flexibility index (Phi) is 4.57. The highest BCUT2D eigenvalue weighted by atomic mass is 16.4. The van der Waals surface area contributed by atoms with Crippen LogP contribution in [-0.4, -0.2) is 22.5 Å². The fourth-order valence-electron chi connectivity index (χ4n) is 9.64. The first kappa shape index (κ1) is 21.0. The van der Waals surface area contributed by atoms with Crippen LogP contribution in [0.15, 0.2) is 23.3 Å². The van der Waals surface area contributed by atoms with Crippen LogP contribution in [0.4, 0.5) is 0 Å². The van der Waals surface area contributed by atoms with Crippen LogP contribution in [0.25, 0.3) is 0 Å². The van der Waals surface area contributed by atoms with Crippen LogP contribution < -0.4 is 5.32 Å². The molecule has 0 aromatic carbocycles. The summed E-state index contributed by atoms with van der Waals surface area (Å²) in [6.45, 7) is 4.82. The average Bonchev–Trinajstić information content (AvgIpc) is 3.44. The molecule has 6 aliphatic carbocycles. The Morgan fingerprint density at radius 1 is 1.00 bits per heavy atom. The van der Waals surface area contributed by atoms with Gasteiger partial charge in [0.1, 0.15) is 0 Å². The number of rotatable bonds is 3. The molecule has 0 aliphatic heterocycles. The van der Waals surface area contributed by atoms with E-state index < -0.39 is 5.97 Å². The van der Waals surface area contributed by atoms with E-state index in [4.69, 9.17) is 0 Å². The Morgan fingerprint density at radius 2 is 1.78 bits per heavy atom. The van der Waals surface area contributed by atoms with Crippen molar-refractivity contribution < 1.29 is 14.7 Å². The smallest absolute Gasteiger partial charge is 0.331 e. The standard InChI is InChI=1S/C28H39NO3/c1-26-11-9-18(25(31)32)15-19(26)3-4-20-21-5-6-23(27(21,2)12-10-22(20)26)24(30)29-28-13-7-17(16-28)8-14-28/h3,15,17,20-23H,4-14,16H2,1-2H3,(H,29,30)(H,31,32)/t17?,20-,21-,22+,23?,26-,27-,28?/m0/s1. The molecule has 6 atom stereocenters. The first-order valence-corrected chi connectivity index (χ1v) is 13.2. The fraction of sp³-hybridized carbons (Fsp3) is 0.786. The Hall–Kier alpha value is -1.58. The van der Waals surface area contributed by atoms with Crippen molar-refractivity contribution in [2.75, 3.05) is 0 Å². The molecular formula is C28H39NO3. The molecule has 32 heavy (non-hydrogen) atoms. The van der Waals surface area contributed by atoms with Gasteiger partial charge in [0.25, 0.3) is 0 Å². The van der Waals surface area contributed by atoms with Gasteiger partial charge in [-0.15, -0.1) is 0 Å². The van der Waals surface area contributed by atoms with Gasteiger partial charge in [0.2, 0.25) is 5.91 Å². The largest absolute Gasteiger partial charge is 0.478 e. The molecule has 0 radical (unpaired) electrons. The van der Waals surface area contributed by atoms with E-state index in [1.165, 1.54) is 50.5 Å². The lowest BCUT2D eigenvalue weighted by Crippen LogP contribution is -2.53. The van der Waals surface area contributed by atoms with Crippen molar-refractivity contribution in [3.63, 3.8) is 0 Å². The third-order valence-corrected chi connectivity index (χ3v) is 11.5. The Labute approximate surface area is 192 Å². The number of carbonyl (C=O) groups is 2. The van der Waals surface area contributed by atoms with E-state index >= 15 is 0 Å². The maximum Gasteiger partial charge on any atom is 0.331 e. The van der Waals surface area contributed by atoms with Gasteiger partial charge < -0.3 is 10.4 Å². The van der Waals surface area contributed by atoms with Gasteiger partial charge in [0.15, 0.2) is 0 Å². The lowest BCUT2D eigenvalue weighted by atomic mass is 9.48. The van der Waals surface area contributed by atoms with Crippen molar-refractivity contribution in [3.8, 4) is 0 Å². The van der Waals surface area contributed by atoms with Gasteiger partial charge in [0.05, 0.1) is 0 Å². The number of carbonyl (C=O) groups excluding carboxylic acids is 1. The number of carboxylic acids is 1. The van der Waals surface area contributed by atoms with E-state index in [1.807, 2.05) is 6.08 Å². The minimum absolute atomic E-state index is 0.102. The van der Waals surface area contributed by atoms with E-state index in [2.05, 4.69) is 25.2 Å². The molecule has 4 nitrogen and oxygen atoms in total. The molecule has 0 spiro atoms. The summed E-state index contributed by atoms with van der Waals surface area (Å²) in [4.78, 5) is 25.2. The molecule has 4 heteroatoms. The van der Waals surface area contributed by atoms with Gasteiger partial charge in [-0.25, -0.2) is 4.79 Å². The molecule has 2 N–H and O–H groups in total. The number of amides is 1. The molecule has 174 valence electrons. The zero-order chi connectivity index (χ0) is 22.3. The molecule has 2 bridgehead atoms. The minimum atomic E-state index is -0.758. The lowest BCUT2D eigenvalue weighted by Gasteiger charge is -2.57. The molecule has 1 unspecified atom stereocenters. The number of fused-ring (bicyclic) bond motifs is 7. The number of carboxylic acid groups (broad SMARTS) is 1. The van der Waals surface area contributed by atoms with Crippen LogP contribution in [0.5, 0.6) is 0 Å². The van der Waals surface area contributed by atoms with Crippen molar-refractivity contribution in [3.05, 3.63) is 23.3 Å². The zero-order valence-corrected chi connectivity index (χ0v) is 19.8. The van der Waals surface area contributed by atoms with E-state index in [-0.39, 0.29) is 22.3 Å². The summed E-state index contributed by atoms with van der Waals surface area (Å²) in [5, 5.41) is 13.1. The maximum atomic E-state index is 13.6. The van der Waals surface area contributed by atoms with Crippen LogP contribution in [0.2, 0.25) is 0 Å². The van der Waals surface area contributed by atoms with E-state index in [0.29, 0.717) is 35.7 Å². The van der Waals surface area contributed by atoms with Crippen molar-refractivity contribution in [1.82, 2.24) is 5.32 Å². The molecule has 0 aromatic heterocycles. The Balaban J connectivity index is 1.23. The van der Waals surface area contributed by atoms with Gasteiger partial charge in [0, 0.05) is 17.0 Å². The molecule has 1 amide bonds. The molecule has 0 heterocycles. The summed E-state index contributed by atoms with van der Waals surface area (Å²) in [6.07, 6.45) is 17.8. The second-order valence-electron chi connectivity index (χ2n) is 12.8. The van der Waals surface area contributed by atoms with Crippen LogP contribution >= 0.6 is 0 Å². The third-order valence-electron chi connectivity index (χ3n) is 11.5. The van der Waals surface area contributed by atoms with E-state index in [0.717, 1.165) is 31.6 Å². The van der Waals surface area contributed by atoms with Crippen molar-refractivity contribution >= 4 is 11.9 Å². The van der Waals surface area contributed by atoms with Crippen LogP contribution in [0, 0.1) is 40.4 Å². The van der Waals surface area contributed by atoms with Gasteiger partial charge in [-0.3, -0.25) is 4.79 Å². The highest BCUT2D eigenvalue weighted by molar-refractivity contribution is 5.87.